The summed E-state index contributed by atoms with van der Waals surface area (Å²) in [4.78, 5) is 29.6. The molecule has 0 aliphatic carbocycles. The van der Waals surface area contributed by atoms with E-state index in [0.717, 1.165) is 10.6 Å². The van der Waals surface area contributed by atoms with Gasteiger partial charge in [-0.25, -0.2) is 0 Å². The van der Waals surface area contributed by atoms with Gasteiger partial charge in [0.25, 0.3) is 11.8 Å². The van der Waals surface area contributed by atoms with Crippen LogP contribution in [0.1, 0.15) is 31.1 Å². The van der Waals surface area contributed by atoms with Crippen LogP contribution in [-0.2, 0) is 4.79 Å². The summed E-state index contributed by atoms with van der Waals surface area (Å²) in [6, 6.07) is 5.85. The lowest BCUT2D eigenvalue weighted by Gasteiger charge is -2.46. The third kappa shape index (κ3) is 4.09. The van der Waals surface area contributed by atoms with Crippen LogP contribution in [0.3, 0.4) is 0 Å². The zero-order valence-corrected chi connectivity index (χ0v) is 16.6. The summed E-state index contributed by atoms with van der Waals surface area (Å²) < 4.78 is 39.0. The summed E-state index contributed by atoms with van der Waals surface area (Å²) in [6.07, 6.45) is -5.08. The Labute approximate surface area is 162 Å². The molecule has 0 aromatic heterocycles. The minimum atomic E-state index is -5.08. The lowest BCUT2D eigenvalue weighted by Crippen LogP contribution is -2.65. The number of anilines is 1. The molecule has 1 aromatic rings. The fraction of sp³-hybridized carbons (Fsp3) is 0.579. The van der Waals surface area contributed by atoms with E-state index in [0.29, 0.717) is 12.5 Å². The minimum Gasteiger partial charge on any atom is -0.378 e. The van der Waals surface area contributed by atoms with Crippen molar-refractivity contribution in [3.63, 3.8) is 0 Å². The summed E-state index contributed by atoms with van der Waals surface area (Å²) in [5, 5.41) is 9.70. The molecule has 2 amide bonds. The highest BCUT2D eigenvalue weighted by Gasteiger charge is 2.58. The highest BCUT2D eigenvalue weighted by atomic mass is 19.4. The third-order valence-electron chi connectivity index (χ3n) is 5.11. The molecule has 0 spiro atoms. The fourth-order valence-corrected chi connectivity index (χ4v) is 3.16. The molecule has 1 saturated heterocycles. The molecule has 0 bridgehead atoms. The Hall–Kier alpha value is -2.29. The average molecular weight is 401 g/mol. The number of hydrogen-bond acceptors (Lipinski definition) is 4. The first kappa shape index (κ1) is 22.0. The molecular weight excluding hydrogens is 375 g/mol. The quantitative estimate of drug-likeness (QED) is 0.843. The third-order valence-corrected chi connectivity index (χ3v) is 5.11. The summed E-state index contributed by atoms with van der Waals surface area (Å²) in [7, 11) is 3.76. The van der Waals surface area contributed by atoms with Gasteiger partial charge >= 0.3 is 6.18 Å². The van der Waals surface area contributed by atoms with Gasteiger partial charge in [0.2, 0.25) is 5.60 Å². The second kappa shape index (κ2) is 7.62. The molecule has 3 atom stereocenters. The van der Waals surface area contributed by atoms with E-state index in [2.05, 4.69) is 0 Å². The van der Waals surface area contributed by atoms with Crippen molar-refractivity contribution in [2.75, 3.05) is 32.1 Å². The first-order valence-corrected chi connectivity index (χ1v) is 8.96. The van der Waals surface area contributed by atoms with E-state index in [9.17, 15) is 27.9 Å². The number of rotatable bonds is 3. The Morgan fingerprint density at radius 1 is 1.04 bits per heavy atom. The average Bonchev–Trinajstić information content (AvgIpc) is 2.61. The van der Waals surface area contributed by atoms with Crippen molar-refractivity contribution >= 4 is 17.5 Å². The highest BCUT2D eigenvalue weighted by molar-refractivity contribution is 5.95. The lowest BCUT2D eigenvalue weighted by atomic mass is 9.99. The number of hydrogen-bond donors (Lipinski definition) is 1. The van der Waals surface area contributed by atoms with Gasteiger partial charge < -0.3 is 19.8 Å². The SMILES string of the molecule is C[C@@H]1CN(C(=O)C(C)(O)C(F)(F)F)[C@H](C)CN1C(=O)c1ccc(N(C)C)cc1. The number of piperazine rings is 1. The van der Waals surface area contributed by atoms with Crippen molar-refractivity contribution in [1.29, 1.82) is 0 Å². The van der Waals surface area contributed by atoms with Crippen LogP contribution in [0.5, 0.6) is 0 Å². The number of alkyl halides is 3. The normalized spacial score (nSPS) is 22.6. The zero-order chi connectivity index (χ0) is 21.4. The first-order valence-electron chi connectivity index (χ1n) is 8.96. The predicted molar refractivity (Wildman–Crippen MR) is 99.1 cm³/mol. The molecule has 1 aliphatic heterocycles. The largest absolute Gasteiger partial charge is 0.426 e. The molecule has 6 nitrogen and oxygen atoms in total. The molecule has 28 heavy (non-hydrogen) atoms. The van der Waals surface area contributed by atoms with E-state index < -0.39 is 29.8 Å². The monoisotopic (exact) mass is 401 g/mol. The van der Waals surface area contributed by atoms with Gasteiger partial charge in [0.15, 0.2) is 0 Å². The summed E-state index contributed by atoms with van der Waals surface area (Å²) in [6.45, 7) is 3.67. The number of nitrogens with zero attached hydrogens (tertiary/aromatic N) is 3. The Balaban J connectivity index is 2.16. The molecule has 1 aromatic carbocycles. The van der Waals surface area contributed by atoms with Crippen molar-refractivity contribution in [2.45, 2.75) is 44.6 Å². The van der Waals surface area contributed by atoms with E-state index in [1.807, 2.05) is 31.1 Å². The van der Waals surface area contributed by atoms with Gasteiger partial charge in [-0.05, 0) is 45.0 Å². The number of aliphatic hydroxyl groups is 1. The van der Waals surface area contributed by atoms with E-state index >= 15 is 0 Å². The summed E-state index contributed by atoms with van der Waals surface area (Å²) in [5.41, 5.74) is -2.07. The van der Waals surface area contributed by atoms with Gasteiger partial charge in [0, 0.05) is 50.5 Å². The molecule has 1 aliphatic rings. The van der Waals surface area contributed by atoms with Crippen LogP contribution in [-0.4, -0.2) is 77.8 Å². The highest BCUT2D eigenvalue weighted by Crippen LogP contribution is 2.33. The second-order valence-electron chi connectivity index (χ2n) is 7.62. The molecule has 1 unspecified atom stereocenters. The van der Waals surface area contributed by atoms with Crippen molar-refractivity contribution in [3.05, 3.63) is 29.8 Å². The number of carbonyl (C=O) groups is 2. The molecule has 2 rings (SSSR count). The molecule has 1 N–H and O–H groups in total. The van der Waals surface area contributed by atoms with Gasteiger partial charge in [0.05, 0.1) is 0 Å². The molecule has 1 heterocycles. The molecule has 0 saturated carbocycles. The van der Waals surface area contributed by atoms with Gasteiger partial charge in [-0.2, -0.15) is 13.2 Å². The minimum absolute atomic E-state index is 0.0785. The van der Waals surface area contributed by atoms with Gasteiger partial charge in [-0.1, -0.05) is 0 Å². The van der Waals surface area contributed by atoms with Crippen LogP contribution < -0.4 is 4.90 Å². The second-order valence-corrected chi connectivity index (χ2v) is 7.62. The van der Waals surface area contributed by atoms with E-state index in [1.165, 1.54) is 0 Å². The topological polar surface area (TPSA) is 64.1 Å². The lowest BCUT2D eigenvalue weighted by molar-refractivity contribution is -0.251. The number of benzene rings is 1. The summed E-state index contributed by atoms with van der Waals surface area (Å²) in [5.74, 6) is -1.65. The molecule has 156 valence electrons. The Morgan fingerprint density at radius 2 is 1.50 bits per heavy atom. The van der Waals surface area contributed by atoms with Gasteiger partial charge in [-0.3, -0.25) is 9.59 Å². The van der Waals surface area contributed by atoms with Crippen molar-refractivity contribution in [3.8, 4) is 0 Å². The Kier molecular flexibility index (Phi) is 5.98. The molecular formula is C19H26F3N3O3. The zero-order valence-electron chi connectivity index (χ0n) is 16.6. The van der Waals surface area contributed by atoms with Gasteiger partial charge in [0.1, 0.15) is 0 Å². The van der Waals surface area contributed by atoms with Crippen molar-refractivity contribution in [1.82, 2.24) is 9.80 Å². The van der Waals surface area contributed by atoms with Crippen molar-refractivity contribution in [2.24, 2.45) is 0 Å². The smallest absolute Gasteiger partial charge is 0.378 e. The van der Waals surface area contributed by atoms with Crippen molar-refractivity contribution < 1.29 is 27.9 Å². The standard InChI is InChI=1S/C19H26F3N3O3/c1-12-11-25(17(27)18(3,28)19(20,21)22)13(2)10-24(12)16(26)14-6-8-15(9-7-14)23(4)5/h6-9,12-13,28H,10-11H2,1-5H3/t12-,13-,18?/m1/s1. The fourth-order valence-electron chi connectivity index (χ4n) is 3.16. The maximum absolute atomic E-state index is 13.0. The van der Waals surface area contributed by atoms with E-state index in [1.54, 1.807) is 30.9 Å². The van der Waals surface area contributed by atoms with Crippen LogP contribution in [0.4, 0.5) is 18.9 Å². The maximum Gasteiger partial charge on any atom is 0.426 e. The molecule has 1 fully saturated rings. The van der Waals surface area contributed by atoms with E-state index in [-0.39, 0.29) is 19.0 Å². The summed E-state index contributed by atoms with van der Waals surface area (Å²) >= 11 is 0. The maximum atomic E-state index is 13.0. The molecule has 0 radical (unpaired) electrons. The number of carbonyl (C=O) groups excluding carboxylic acids is 2. The van der Waals surface area contributed by atoms with Crippen LogP contribution in [0, 0.1) is 0 Å². The van der Waals surface area contributed by atoms with E-state index in [4.69, 9.17) is 0 Å². The first-order chi connectivity index (χ1) is 12.8. The van der Waals surface area contributed by atoms with Gasteiger partial charge in [-0.15, -0.1) is 0 Å². The van der Waals surface area contributed by atoms with Crippen LogP contribution in [0.25, 0.3) is 0 Å². The number of amides is 2. The Morgan fingerprint density at radius 3 is 1.96 bits per heavy atom. The Bertz CT molecular complexity index is 732. The number of halogens is 3. The molecule has 9 heteroatoms. The van der Waals surface area contributed by atoms with Crippen LogP contribution in [0.2, 0.25) is 0 Å². The predicted octanol–water partition coefficient (Wildman–Crippen LogP) is 2.13. The van der Waals surface area contributed by atoms with Crippen LogP contribution in [0.15, 0.2) is 24.3 Å². The van der Waals surface area contributed by atoms with Crippen LogP contribution >= 0.6 is 0 Å².